The van der Waals surface area contributed by atoms with E-state index in [2.05, 4.69) is 20.1 Å². The van der Waals surface area contributed by atoms with E-state index in [4.69, 9.17) is 26.8 Å². The van der Waals surface area contributed by atoms with Crippen LogP contribution in [0.25, 0.3) is 5.82 Å². The number of para-hydroxylation sites is 1. The molecule has 2 aromatic heterocycles. The van der Waals surface area contributed by atoms with Gasteiger partial charge in [-0.05, 0) is 6.07 Å². The van der Waals surface area contributed by atoms with E-state index >= 15 is 0 Å². The van der Waals surface area contributed by atoms with E-state index in [1.807, 2.05) is 0 Å². The maximum Gasteiger partial charge on any atom is 0.299 e. The summed E-state index contributed by atoms with van der Waals surface area (Å²) in [6.07, 6.45) is -2.82. The van der Waals surface area contributed by atoms with E-state index in [1.54, 1.807) is 29.2 Å². The number of alkyl halides is 2. The number of aromatic nitrogens is 5. The van der Waals surface area contributed by atoms with Gasteiger partial charge in [-0.2, -0.15) is 9.67 Å². The van der Waals surface area contributed by atoms with Gasteiger partial charge in [0, 0.05) is 31.1 Å². The van der Waals surface area contributed by atoms with Crippen molar-refractivity contribution in [2.45, 2.75) is 12.8 Å². The SMILES string of the molecule is Nc1nc(Cl)cc(-n2nc(C(F)F)nc2Cc2ccccc2OCC(=O)N2CCOCC2)n1. The smallest absolute Gasteiger partial charge is 0.299 e. The van der Waals surface area contributed by atoms with E-state index < -0.39 is 12.2 Å². The fraction of sp³-hybridized carbons (Fsp3) is 0.350. The molecule has 10 nitrogen and oxygen atoms in total. The van der Waals surface area contributed by atoms with Crippen molar-refractivity contribution < 1.29 is 23.0 Å². The van der Waals surface area contributed by atoms with Gasteiger partial charge in [0.25, 0.3) is 12.3 Å². The molecule has 2 N–H and O–H groups in total. The van der Waals surface area contributed by atoms with E-state index in [1.165, 1.54) is 6.07 Å². The maximum atomic E-state index is 13.3. The largest absolute Gasteiger partial charge is 0.483 e. The van der Waals surface area contributed by atoms with E-state index in [9.17, 15) is 13.6 Å². The molecule has 1 aliphatic heterocycles. The fourth-order valence-electron chi connectivity index (χ4n) is 3.29. The number of hydrogen-bond donors (Lipinski definition) is 1. The second-order valence-electron chi connectivity index (χ2n) is 7.07. The molecule has 0 bridgehead atoms. The van der Waals surface area contributed by atoms with Crippen molar-refractivity contribution in [1.82, 2.24) is 29.6 Å². The number of benzene rings is 1. The summed E-state index contributed by atoms with van der Waals surface area (Å²) >= 11 is 5.94. The van der Waals surface area contributed by atoms with Crippen LogP contribution in [0.4, 0.5) is 14.7 Å². The Morgan fingerprint density at radius 3 is 2.70 bits per heavy atom. The zero-order valence-corrected chi connectivity index (χ0v) is 18.1. The first-order chi connectivity index (χ1) is 15.9. The van der Waals surface area contributed by atoms with Gasteiger partial charge in [0.05, 0.1) is 13.2 Å². The highest BCUT2D eigenvalue weighted by atomic mass is 35.5. The first kappa shape index (κ1) is 22.8. The molecule has 174 valence electrons. The highest BCUT2D eigenvalue weighted by Gasteiger charge is 2.22. The third-order valence-electron chi connectivity index (χ3n) is 4.84. The molecule has 0 unspecified atom stereocenters. The van der Waals surface area contributed by atoms with Gasteiger partial charge >= 0.3 is 0 Å². The summed E-state index contributed by atoms with van der Waals surface area (Å²) in [4.78, 5) is 25.8. The lowest BCUT2D eigenvalue weighted by Gasteiger charge is -2.26. The van der Waals surface area contributed by atoms with Crippen LogP contribution in [0.1, 0.15) is 23.6 Å². The molecular weight excluding hydrogens is 460 g/mol. The van der Waals surface area contributed by atoms with Gasteiger partial charge in [0.15, 0.2) is 12.4 Å². The summed E-state index contributed by atoms with van der Waals surface area (Å²) in [6.45, 7) is 1.83. The minimum Gasteiger partial charge on any atom is -0.483 e. The number of nitrogens with two attached hydrogens (primary N) is 1. The van der Waals surface area contributed by atoms with Crippen LogP contribution in [-0.2, 0) is 16.0 Å². The minimum absolute atomic E-state index is 0.0305. The number of halogens is 3. The number of carbonyl (C=O) groups is 1. The first-order valence-corrected chi connectivity index (χ1v) is 10.4. The zero-order chi connectivity index (χ0) is 23.4. The Bertz CT molecular complexity index is 1120. The fourth-order valence-corrected chi connectivity index (χ4v) is 3.47. The van der Waals surface area contributed by atoms with Gasteiger partial charge in [-0.3, -0.25) is 4.79 Å². The number of rotatable bonds is 7. The van der Waals surface area contributed by atoms with Crippen molar-refractivity contribution in [3.63, 3.8) is 0 Å². The van der Waals surface area contributed by atoms with E-state index in [0.717, 1.165) is 4.68 Å². The molecule has 13 heteroatoms. The lowest BCUT2D eigenvalue weighted by molar-refractivity contribution is -0.137. The number of carbonyl (C=O) groups excluding carboxylic acids is 1. The number of anilines is 1. The van der Waals surface area contributed by atoms with Crippen molar-refractivity contribution in [2.24, 2.45) is 0 Å². The van der Waals surface area contributed by atoms with Crippen LogP contribution in [0.5, 0.6) is 5.75 Å². The molecule has 0 spiro atoms. The summed E-state index contributed by atoms with van der Waals surface area (Å²) in [5.41, 5.74) is 6.26. The molecule has 1 saturated heterocycles. The third-order valence-corrected chi connectivity index (χ3v) is 5.03. The summed E-state index contributed by atoms with van der Waals surface area (Å²) in [5, 5.41) is 3.89. The highest BCUT2D eigenvalue weighted by molar-refractivity contribution is 6.29. The summed E-state index contributed by atoms with van der Waals surface area (Å²) in [5.74, 6) is -0.283. The maximum absolute atomic E-state index is 13.3. The Morgan fingerprint density at radius 1 is 1.21 bits per heavy atom. The van der Waals surface area contributed by atoms with Gasteiger partial charge in [-0.15, -0.1) is 5.10 Å². The topological polar surface area (TPSA) is 121 Å². The normalized spacial score (nSPS) is 14.0. The lowest BCUT2D eigenvalue weighted by atomic mass is 10.1. The van der Waals surface area contributed by atoms with Gasteiger partial charge in [-0.25, -0.2) is 18.7 Å². The third kappa shape index (κ3) is 5.52. The first-order valence-electron chi connectivity index (χ1n) is 10.0. The standard InChI is InChI=1S/C20H20ClF2N7O3/c21-14-10-16(27-20(24)25-14)30-15(26-19(28-30)18(22)23)9-12-3-1-2-4-13(12)33-11-17(31)29-5-7-32-8-6-29/h1-4,10,18H,5-9,11H2,(H2,24,25,27). The second-order valence-corrected chi connectivity index (χ2v) is 7.46. The molecule has 3 heterocycles. The van der Waals surface area contributed by atoms with Crippen LogP contribution >= 0.6 is 11.6 Å². The number of morpholine rings is 1. The molecular formula is C20H20ClF2N7O3. The molecule has 1 aliphatic rings. The minimum atomic E-state index is -2.89. The average molecular weight is 480 g/mol. The van der Waals surface area contributed by atoms with Crippen LogP contribution in [-0.4, -0.2) is 68.4 Å². The van der Waals surface area contributed by atoms with Crippen molar-refractivity contribution >= 4 is 23.5 Å². The number of ether oxygens (including phenoxy) is 2. The quantitative estimate of drug-likeness (QED) is 0.511. The van der Waals surface area contributed by atoms with Crippen LogP contribution in [0.15, 0.2) is 30.3 Å². The van der Waals surface area contributed by atoms with Gasteiger partial charge in [-0.1, -0.05) is 29.8 Å². The Morgan fingerprint density at radius 2 is 1.97 bits per heavy atom. The van der Waals surface area contributed by atoms with Crippen molar-refractivity contribution in [3.8, 4) is 11.6 Å². The van der Waals surface area contributed by atoms with Crippen LogP contribution < -0.4 is 10.5 Å². The van der Waals surface area contributed by atoms with Gasteiger partial charge < -0.3 is 20.1 Å². The average Bonchev–Trinajstić information content (AvgIpc) is 3.22. The van der Waals surface area contributed by atoms with Crippen molar-refractivity contribution in [2.75, 3.05) is 38.6 Å². The van der Waals surface area contributed by atoms with Gasteiger partial charge in [0.2, 0.25) is 11.8 Å². The van der Waals surface area contributed by atoms with E-state index in [-0.39, 0.29) is 41.7 Å². The number of hydrogen-bond acceptors (Lipinski definition) is 8. The molecule has 4 rings (SSSR count). The van der Waals surface area contributed by atoms with Crippen molar-refractivity contribution in [1.29, 1.82) is 0 Å². The Hall–Kier alpha value is -3.38. The monoisotopic (exact) mass is 479 g/mol. The second kappa shape index (κ2) is 10.0. The summed E-state index contributed by atoms with van der Waals surface area (Å²) in [7, 11) is 0. The van der Waals surface area contributed by atoms with Crippen molar-refractivity contribution in [3.05, 3.63) is 52.7 Å². The van der Waals surface area contributed by atoms with E-state index in [0.29, 0.717) is 37.6 Å². The molecule has 0 saturated carbocycles. The molecule has 0 radical (unpaired) electrons. The molecule has 0 aliphatic carbocycles. The molecule has 1 fully saturated rings. The van der Waals surface area contributed by atoms with Gasteiger partial charge in [0.1, 0.15) is 16.7 Å². The highest BCUT2D eigenvalue weighted by Crippen LogP contribution is 2.24. The molecule has 33 heavy (non-hydrogen) atoms. The summed E-state index contributed by atoms with van der Waals surface area (Å²) in [6, 6.07) is 8.29. The Labute approximate surface area is 192 Å². The molecule has 1 aromatic carbocycles. The van der Waals surface area contributed by atoms with Crippen LogP contribution in [0.3, 0.4) is 0 Å². The zero-order valence-electron chi connectivity index (χ0n) is 17.3. The Kier molecular flexibility index (Phi) is 6.94. The lowest BCUT2D eigenvalue weighted by Crippen LogP contribution is -2.43. The summed E-state index contributed by atoms with van der Waals surface area (Å²) < 4.78 is 38.8. The predicted octanol–water partition coefficient (Wildman–Crippen LogP) is 2.06. The van der Waals surface area contributed by atoms with Crippen LogP contribution in [0, 0.1) is 0 Å². The van der Waals surface area contributed by atoms with Crippen LogP contribution in [0.2, 0.25) is 5.15 Å². The predicted molar refractivity (Wildman–Crippen MR) is 113 cm³/mol. The number of amides is 1. The molecule has 3 aromatic rings. The number of nitrogen functional groups attached to an aromatic ring is 1. The molecule has 0 atom stereocenters. The molecule has 1 amide bonds. The number of nitrogens with zero attached hydrogens (tertiary/aromatic N) is 6. The Balaban J connectivity index is 1.58.